The number of ether oxygens (including phenoxy) is 1. The summed E-state index contributed by atoms with van der Waals surface area (Å²) in [7, 11) is 0. The molecule has 8 heteroatoms. The minimum Gasteiger partial charge on any atom is -0.492 e. The number of benzene rings is 2. The summed E-state index contributed by atoms with van der Waals surface area (Å²) in [5.74, 6) is 0.588. The smallest absolute Gasteiger partial charge is 0.266 e. The highest BCUT2D eigenvalue weighted by Crippen LogP contribution is 2.36. The van der Waals surface area contributed by atoms with E-state index in [2.05, 4.69) is 6.92 Å². The Kier molecular flexibility index (Phi) is 8.65. The monoisotopic (exact) mass is 525 g/mol. The predicted molar refractivity (Wildman–Crippen MR) is 149 cm³/mol. The summed E-state index contributed by atoms with van der Waals surface area (Å²) in [6.07, 6.45) is 8.19. The van der Waals surface area contributed by atoms with Crippen molar-refractivity contribution in [2.75, 3.05) is 13.2 Å². The topological polar surface area (TPSA) is 47.4 Å². The molecule has 1 aliphatic rings. The summed E-state index contributed by atoms with van der Waals surface area (Å²) in [6, 6.07) is 15.5. The van der Waals surface area contributed by atoms with Crippen LogP contribution in [0.3, 0.4) is 0 Å². The van der Waals surface area contributed by atoms with Gasteiger partial charge in [-0.25, -0.2) is 4.68 Å². The van der Waals surface area contributed by atoms with Crippen LogP contribution in [0.2, 0.25) is 5.02 Å². The lowest BCUT2D eigenvalue weighted by molar-refractivity contribution is -0.122. The van der Waals surface area contributed by atoms with Crippen LogP contribution in [-0.2, 0) is 4.79 Å². The zero-order chi connectivity index (χ0) is 24.8. The molecule has 3 aromatic rings. The van der Waals surface area contributed by atoms with E-state index in [0.29, 0.717) is 33.1 Å². The Morgan fingerprint density at radius 2 is 1.91 bits per heavy atom. The first-order valence-corrected chi connectivity index (χ1v) is 13.4. The Morgan fingerprint density at radius 1 is 1.11 bits per heavy atom. The van der Waals surface area contributed by atoms with E-state index in [0.717, 1.165) is 48.2 Å². The van der Waals surface area contributed by atoms with Gasteiger partial charge in [-0.3, -0.25) is 9.69 Å². The molecule has 182 valence electrons. The molecule has 1 saturated heterocycles. The van der Waals surface area contributed by atoms with Crippen LogP contribution in [-0.4, -0.2) is 38.1 Å². The number of nitrogens with zero attached hydrogens (tertiary/aromatic N) is 3. The Labute approximate surface area is 221 Å². The molecule has 4 rings (SSSR count). The van der Waals surface area contributed by atoms with E-state index in [4.69, 9.17) is 33.7 Å². The van der Waals surface area contributed by atoms with Crippen molar-refractivity contribution < 1.29 is 9.53 Å². The third kappa shape index (κ3) is 5.97. The Morgan fingerprint density at radius 3 is 2.63 bits per heavy atom. The number of rotatable bonds is 10. The number of amides is 1. The quantitative estimate of drug-likeness (QED) is 0.157. The molecule has 0 bridgehead atoms. The Bertz CT molecular complexity index is 1240. The molecule has 2 aromatic carbocycles. The van der Waals surface area contributed by atoms with Gasteiger partial charge in [0.2, 0.25) is 0 Å². The highest BCUT2D eigenvalue weighted by molar-refractivity contribution is 8.26. The van der Waals surface area contributed by atoms with Gasteiger partial charge in [0.1, 0.15) is 15.8 Å². The molecule has 1 amide bonds. The van der Waals surface area contributed by atoms with Crippen LogP contribution in [0.5, 0.6) is 5.75 Å². The highest BCUT2D eigenvalue weighted by Gasteiger charge is 2.32. The number of carbonyl (C=O) groups is 1. The third-order valence-corrected chi connectivity index (χ3v) is 7.34. The number of aromatic nitrogens is 2. The second-order valence-electron chi connectivity index (χ2n) is 8.19. The van der Waals surface area contributed by atoms with Crippen molar-refractivity contribution in [1.82, 2.24) is 14.7 Å². The molecule has 5 nitrogen and oxygen atoms in total. The standard InChI is InChI=1S/C27H28ClN3O2S2/c1-3-5-6-10-15-30-26(32)24(35-27(30)34)17-20-18-31(21-11-8-7-9-12-21)29-25(20)19-13-14-23(33-4-2)22(28)16-19/h7-9,11-14,16-18H,3-6,10,15H2,1-2H3. The molecular formula is C27H28ClN3O2S2. The van der Waals surface area contributed by atoms with E-state index in [-0.39, 0.29) is 5.91 Å². The summed E-state index contributed by atoms with van der Waals surface area (Å²) in [5.41, 5.74) is 3.32. The second-order valence-corrected chi connectivity index (χ2v) is 10.3. The molecule has 1 fully saturated rings. The Hall–Kier alpha value is -2.61. The lowest BCUT2D eigenvalue weighted by Gasteiger charge is -2.13. The molecule has 1 aromatic heterocycles. The van der Waals surface area contributed by atoms with Crippen LogP contribution >= 0.6 is 35.6 Å². The normalized spacial score (nSPS) is 14.8. The summed E-state index contributed by atoms with van der Waals surface area (Å²) < 4.78 is 8.01. The van der Waals surface area contributed by atoms with E-state index in [1.165, 1.54) is 11.8 Å². The van der Waals surface area contributed by atoms with E-state index in [9.17, 15) is 4.79 Å². The maximum atomic E-state index is 13.2. The van der Waals surface area contributed by atoms with Gasteiger partial charge in [-0.2, -0.15) is 5.10 Å². The molecule has 0 radical (unpaired) electrons. The maximum Gasteiger partial charge on any atom is 0.266 e. The number of thioether (sulfide) groups is 1. The van der Waals surface area contributed by atoms with E-state index >= 15 is 0 Å². The van der Waals surface area contributed by atoms with Gasteiger partial charge >= 0.3 is 0 Å². The SMILES string of the molecule is CCCCCCN1C(=O)C(=Cc2cn(-c3ccccc3)nc2-c2ccc(OCC)c(Cl)c2)SC1=S. The van der Waals surface area contributed by atoms with Gasteiger partial charge in [-0.1, -0.05) is 80.0 Å². The number of halogens is 1. The lowest BCUT2D eigenvalue weighted by Crippen LogP contribution is -2.29. The van der Waals surface area contributed by atoms with Gasteiger partial charge in [-0.15, -0.1) is 0 Å². The van der Waals surface area contributed by atoms with Crippen molar-refractivity contribution in [3.8, 4) is 22.7 Å². The molecule has 0 unspecified atom stereocenters. The van der Waals surface area contributed by atoms with Gasteiger partial charge in [-0.05, 0) is 49.8 Å². The zero-order valence-electron chi connectivity index (χ0n) is 19.9. The third-order valence-electron chi connectivity index (χ3n) is 5.66. The lowest BCUT2D eigenvalue weighted by atomic mass is 10.1. The molecule has 1 aliphatic heterocycles. The van der Waals surface area contributed by atoms with Crippen molar-refractivity contribution in [1.29, 1.82) is 0 Å². The number of hydrogen-bond acceptors (Lipinski definition) is 5. The van der Waals surface area contributed by atoms with Gasteiger partial charge in [0.25, 0.3) is 5.91 Å². The van der Waals surface area contributed by atoms with E-state index in [1.807, 2.05) is 72.4 Å². The van der Waals surface area contributed by atoms with E-state index in [1.54, 1.807) is 4.90 Å². The second kappa shape index (κ2) is 11.9. The molecule has 0 aliphatic carbocycles. The van der Waals surface area contributed by atoms with Crippen LogP contribution in [0, 0.1) is 0 Å². The summed E-state index contributed by atoms with van der Waals surface area (Å²) in [6.45, 7) is 5.29. The predicted octanol–water partition coefficient (Wildman–Crippen LogP) is 7.37. The molecular weight excluding hydrogens is 498 g/mol. The van der Waals surface area contributed by atoms with Crippen molar-refractivity contribution in [3.63, 3.8) is 0 Å². The molecule has 0 spiro atoms. The number of para-hydroxylation sites is 1. The number of unbranched alkanes of at least 4 members (excludes halogenated alkanes) is 3. The van der Waals surface area contributed by atoms with Crippen molar-refractivity contribution in [2.24, 2.45) is 0 Å². The largest absolute Gasteiger partial charge is 0.492 e. The van der Waals surface area contributed by atoms with Crippen LogP contribution in [0.25, 0.3) is 23.0 Å². The number of carbonyl (C=O) groups excluding carboxylic acids is 1. The fraction of sp³-hybridized carbons (Fsp3) is 0.296. The van der Waals surface area contributed by atoms with Crippen LogP contribution in [0.1, 0.15) is 45.1 Å². The first-order valence-electron chi connectivity index (χ1n) is 11.8. The highest BCUT2D eigenvalue weighted by atomic mass is 35.5. The van der Waals surface area contributed by atoms with Crippen molar-refractivity contribution in [2.45, 2.75) is 39.5 Å². The zero-order valence-corrected chi connectivity index (χ0v) is 22.3. The maximum absolute atomic E-state index is 13.2. The first-order chi connectivity index (χ1) is 17.0. The molecule has 0 atom stereocenters. The average Bonchev–Trinajstić information content (AvgIpc) is 3.40. The average molecular weight is 526 g/mol. The summed E-state index contributed by atoms with van der Waals surface area (Å²) in [5, 5.41) is 5.36. The fourth-order valence-electron chi connectivity index (χ4n) is 3.88. The van der Waals surface area contributed by atoms with Crippen molar-refractivity contribution >= 4 is 51.9 Å². The van der Waals surface area contributed by atoms with E-state index < -0.39 is 0 Å². The van der Waals surface area contributed by atoms with Crippen LogP contribution in [0.15, 0.2) is 59.6 Å². The summed E-state index contributed by atoms with van der Waals surface area (Å²) in [4.78, 5) is 15.5. The van der Waals surface area contributed by atoms with Gasteiger partial charge < -0.3 is 4.74 Å². The minimum absolute atomic E-state index is 0.0420. The van der Waals surface area contributed by atoms with Gasteiger partial charge in [0.15, 0.2) is 0 Å². The summed E-state index contributed by atoms with van der Waals surface area (Å²) >= 11 is 13.4. The minimum atomic E-state index is -0.0420. The molecule has 0 saturated carbocycles. The van der Waals surface area contributed by atoms with Crippen LogP contribution in [0.4, 0.5) is 0 Å². The van der Waals surface area contributed by atoms with Crippen molar-refractivity contribution in [3.05, 3.63) is 70.2 Å². The molecule has 0 N–H and O–H groups in total. The van der Waals surface area contributed by atoms with Gasteiger partial charge in [0.05, 0.1) is 22.2 Å². The fourth-order valence-corrected chi connectivity index (χ4v) is 5.42. The first kappa shape index (κ1) is 25.5. The van der Waals surface area contributed by atoms with Gasteiger partial charge in [0, 0.05) is 23.9 Å². The molecule has 2 heterocycles. The Balaban J connectivity index is 1.69. The van der Waals surface area contributed by atoms with Crippen LogP contribution < -0.4 is 4.74 Å². The number of hydrogen-bond donors (Lipinski definition) is 0. The molecule has 35 heavy (non-hydrogen) atoms. The number of thiocarbonyl (C=S) groups is 1.